The Morgan fingerprint density at radius 3 is 2.76 bits per heavy atom. The summed E-state index contributed by atoms with van der Waals surface area (Å²) in [4.78, 5) is 21.9. The van der Waals surface area contributed by atoms with Gasteiger partial charge in [0.1, 0.15) is 0 Å². The Bertz CT molecular complexity index is 717. The molecule has 2 aromatic heterocycles. The van der Waals surface area contributed by atoms with Gasteiger partial charge in [-0.15, -0.1) is 11.3 Å². The van der Waals surface area contributed by atoms with E-state index in [0.717, 1.165) is 28.2 Å². The number of rotatable bonds is 2. The highest BCUT2D eigenvalue weighted by molar-refractivity contribution is 7.21. The van der Waals surface area contributed by atoms with E-state index in [1.165, 1.54) is 11.3 Å². The summed E-state index contributed by atoms with van der Waals surface area (Å²) in [7, 11) is 4.24. The topological polar surface area (TPSA) is 36.4 Å². The van der Waals surface area contributed by atoms with E-state index in [9.17, 15) is 4.79 Å². The third-order valence-electron chi connectivity index (χ3n) is 4.61. The van der Waals surface area contributed by atoms with Crippen LogP contribution >= 0.6 is 22.9 Å². The molecule has 0 aromatic carbocycles. The van der Waals surface area contributed by atoms with Crippen LogP contribution < -0.4 is 0 Å². The van der Waals surface area contributed by atoms with Gasteiger partial charge in [0, 0.05) is 25.3 Å². The Morgan fingerprint density at radius 2 is 2.14 bits per heavy atom. The zero-order valence-electron chi connectivity index (χ0n) is 11.9. The summed E-state index contributed by atoms with van der Waals surface area (Å²) in [6, 6.07) is 4.29. The van der Waals surface area contributed by atoms with Crippen LogP contribution in [0.15, 0.2) is 18.3 Å². The molecule has 2 aromatic rings. The minimum atomic E-state index is 0.124. The molecule has 0 radical (unpaired) electrons. The van der Waals surface area contributed by atoms with Crippen molar-refractivity contribution in [3.8, 4) is 0 Å². The smallest absolute Gasteiger partial charge is 0.264 e. The quantitative estimate of drug-likeness (QED) is 0.853. The normalized spacial score (nSPS) is 27.4. The monoisotopic (exact) mass is 321 g/mol. The number of carbonyl (C=O) groups excluding carboxylic acids is 1. The first kappa shape index (κ1) is 13.5. The van der Waals surface area contributed by atoms with Gasteiger partial charge in [-0.3, -0.25) is 9.78 Å². The van der Waals surface area contributed by atoms with Crippen LogP contribution in [0.5, 0.6) is 0 Å². The standard InChI is InChI=1S/C15H16ClN3OS/c1-18(2)13-8-6-19(7-9(8)13)15(20)12-5-11-14(21-12)10(16)3-4-17-11/h3-5,8-9,13H,6-7H2,1-2H3. The third-order valence-corrected chi connectivity index (χ3v) is 6.18. The van der Waals surface area contributed by atoms with Crippen LogP contribution in [0.1, 0.15) is 9.67 Å². The molecular weight excluding hydrogens is 306 g/mol. The lowest BCUT2D eigenvalue weighted by Gasteiger charge is -2.21. The van der Waals surface area contributed by atoms with E-state index in [1.807, 2.05) is 11.0 Å². The molecule has 0 N–H and O–H groups in total. The highest BCUT2D eigenvalue weighted by Gasteiger charge is 2.57. The summed E-state index contributed by atoms with van der Waals surface area (Å²) in [5.74, 6) is 1.43. The molecule has 4 rings (SSSR count). The predicted octanol–water partition coefficient (Wildman–Crippen LogP) is 2.58. The molecule has 1 aliphatic carbocycles. The number of likely N-dealkylation sites (tertiary alicyclic amines) is 1. The van der Waals surface area contributed by atoms with Crippen molar-refractivity contribution in [1.29, 1.82) is 0 Å². The molecule has 110 valence electrons. The fourth-order valence-electron chi connectivity index (χ4n) is 3.60. The first-order valence-electron chi connectivity index (χ1n) is 7.06. The fourth-order valence-corrected chi connectivity index (χ4v) is 4.85. The molecule has 1 amide bonds. The van der Waals surface area contributed by atoms with Crippen molar-refractivity contribution >= 4 is 39.1 Å². The van der Waals surface area contributed by atoms with Crippen LogP contribution in [-0.2, 0) is 0 Å². The predicted molar refractivity (Wildman–Crippen MR) is 85.0 cm³/mol. The van der Waals surface area contributed by atoms with Crippen molar-refractivity contribution in [2.45, 2.75) is 6.04 Å². The van der Waals surface area contributed by atoms with Gasteiger partial charge in [-0.2, -0.15) is 0 Å². The average molecular weight is 322 g/mol. The number of piperidine rings is 1. The molecule has 2 fully saturated rings. The highest BCUT2D eigenvalue weighted by atomic mass is 35.5. The van der Waals surface area contributed by atoms with E-state index in [4.69, 9.17) is 11.6 Å². The Hall–Kier alpha value is -1.17. The number of hydrogen-bond acceptors (Lipinski definition) is 4. The number of halogens is 1. The summed E-state index contributed by atoms with van der Waals surface area (Å²) in [5.41, 5.74) is 0.811. The minimum absolute atomic E-state index is 0.124. The van der Waals surface area contributed by atoms with Gasteiger partial charge in [-0.05, 0) is 38.1 Å². The molecule has 0 bridgehead atoms. The molecule has 2 aliphatic rings. The first-order chi connectivity index (χ1) is 10.1. The van der Waals surface area contributed by atoms with Crippen LogP contribution in [0.3, 0.4) is 0 Å². The van der Waals surface area contributed by atoms with E-state index in [0.29, 0.717) is 22.9 Å². The number of aromatic nitrogens is 1. The lowest BCUT2D eigenvalue weighted by atomic mass is 10.3. The van der Waals surface area contributed by atoms with Crippen LogP contribution in [0, 0.1) is 11.8 Å². The van der Waals surface area contributed by atoms with Crippen LogP contribution in [-0.4, -0.2) is 53.9 Å². The fraction of sp³-hybridized carbons (Fsp3) is 0.467. The molecule has 2 atom stereocenters. The summed E-state index contributed by atoms with van der Waals surface area (Å²) in [6.07, 6.45) is 1.68. The largest absolute Gasteiger partial charge is 0.337 e. The van der Waals surface area contributed by atoms with E-state index in [1.54, 1.807) is 12.3 Å². The number of thiophene rings is 1. The van der Waals surface area contributed by atoms with E-state index < -0.39 is 0 Å². The van der Waals surface area contributed by atoms with Crippen molar-refractivity contribution in [3.05, 3.63) is 28.2 Å². The molecule has 3 heterocycles. The minimum Gasteiger partial charge on any atom is -0.337 e. The van der Waals surface area contributed by atoms with E-state index in [-0.39, 0.29) is 5.91 Å². The van der Waals surface area contributed by atoms with E-state index >= 15 is 0 Å². The molecule has 1 saturated heterocycles. The maximum atomic E-state index is 12.6. The zero-order valence-corrected chi connectivity index (χ0v) is 13.5. The van der Waals surface area contributed by atoms with Gasteiger partial charge < -0.3 is 9.80 Å². The van der Waals surface area contributed by atoms with Gasteiger partial charge in [0.25, 0.3) is 5.91 Å². The number of fused-ring (bicyclic) bond motifs is 2. The molecule has 4 nitrogen and oxygen atoms in total. The van der Waals surface area contributed by atoms with Crippen molar-refractivity contribution in [2.75, 3.05) is 27.2 Å². The SMILES string of the molecule is CN(C)C1C2CN(C(=O)c3cc4nccc(Cl)c4s3)CC21. The molecule has 0 spiro atoms. The van der Waals surface area contributed by atoms with Crippen molar-refractivity contribution in [2.24, 2.45) is 11.8 Å². The Morgan fingerprint density at radius 1 is 1.43 bits per heavy atom. The second-order valence-corrected chi connectivity index (χ2v) is 7.57. The third kappa shape index (κ3) is 2.06. The number of pyridine rings is 1. The van der Waals surface area contributed by atoms with Gasteiger partial charge in [0.15, 0.2) is 0 Å². The first-order valence-corrected chi connectivity index (χ1v) is 8.25. The van der Waals surface area contributed by atoms with E-state index in [2.05, 4.69) is 24.0 Å². The lowest BCUT2D eigenvalue weighted by Crippen LogP contribution is -2.34. The number of hydrogen-bond donors (Lipinski definition) is 0. The number of nitrogens with zero attached hydrogens (tertiary/aromatic N) is 3. The van der Waals surface area contributed by atoms with Crippen molar-refractivity contribution in [3.63, 3.8) is 0 Å². The second kappa shape index (κ2) is 4.66. The molecule has 1 saturated carbocycles. The van der Waals surface area contributed by atoms with Gasteiger partial charge >= 0.3 is 0 Å². The maximum Gasteiger partial charge on any atom is 0.264 e. The maximum absolute atomic E-state index is 12.6. The molecular formula is C15H16ClN3OS. The Kier molecular flexibility index (Phi) is 3.00. The summed E-state index contributed by atoms with van der Waals surface area (Å²) < 4.78 is 0.901. The molecule has 2 unspecified atom stereocenters. The zero-order chi connectivity index (χ0) is 14.7. The second-order valence-electron chi connectivity index (χ2n) is 6.11. The van der Waals surface area contributed by atoms with Gasteiger partial charge in [-0.25, -0.2) is 0 Å². The van der Waals surface area contributed by atoms with Crippen LogP contribution in [0.25, 0.3) is 10.2 Å². The van der Waals surface area contributed by atoms with Gasteiger partial charge in [0.2, 0.25) is 0 Å². The van der Waals surface area contributed by atoms with Gasteiger partial charge in [0.05, 0.1) is 20.1 Å². The highest BCUT2D eigenvalue weighted by Crippen LogP contribution is 2.48. The summed E-state index contributed by atoms with van der Waals surface area (Å²) in [5, 5.41) is 0.668. The Balaban J connectivity index is 1.54. The van der Waals surface area contributed by atoms with Crippen molar-refractivity contribution in [1.82, 2.24) is 14.8 Å². The molecule has 1 aliphatic heterocycles. The number of amides is 1. The average Bonchev–Trinajstić information content (AvgIpc) is 2.84. The summed E-state index contributed by atoms with van der Waals surface area (Å²) >= 11 is 7.60. The Labute approximate surface area is 132 Å². The molecule has 6 heteroatoms. The lowest BCUT2D eigenvalue weighted by molar-refractivity contribution is 0.0767. The molecule has 21 heavy (non-hydrogen) atoms. The number of carbonyl (C=O) groups is 1. The van der Waals surface area contributed by atoms with Gasteiger partial charge in [-0.1, -0.05) is 11.6 Å². The van der Waals surface area contributed by atoms with Crippen LogP contribution in [0.2, 0.25) is 5.02 Å². The summed E-state index contributed by atoms with van der Waals surface area (Å²) in [6.45, 7) is 1.75. The van der Waals surface area contributed by atoms with Crippen molar-refractivity contribution < 1.29 is 4.79 Å². The van der Waals surface area contributed by atoms with Crippen LogP contribution in [0.4, 0.5) is 0 Å².